The van der Waals surface area contributed by atoms with E-state index in [4.69, 9.17) is 14.2 Å². The lowest BCUT2D eigenvalue weighted by molar-refractivity contribution is -0.151. The van der Waals surface area contributed by atoms with Crippen molar-refractivity contribution < 1.29 is 36.6 Å². The normalized spacial score (nSPS) is 19.0. The van der Waals surface area contributed by atoms with E-state index in [0.29, 0.717) is 28.3 Å². The van der Waals surface area contributed by atoms with Crippen LogP contribution in [0.2, 0.25) is 0 Å². The maximum Gasteiger partial charge on any atom is 0.399 e. The molecule has 6 nitrogen and oxygen atoms in total. The van der Waals surface area contributed by atoms with Gasteiger partial charge in [-0.2, -0.15) is 13.2 Å². The number of fused-ring (bicyclic) bond motifs is 1. The molecule has 1 N–H and O–H groups in total. The van der Waals surface area contributed by atoms with Gasteiger partial charge < -0.3 is 19.5 Å². The molecule has 2 atom stereocenters. The van der Waals surface area contributed by atoms with Gasteiger partial charge in [-0.05, 0) is 74.2 Å². The van der Waals surface area contributed by atoms with Crippen LogP contribution < -0.4 is 19.5 Å². The van der Waals surface area contributed by atoms with E-state index >= 15 is 0 Å². The number of benzene rings is 2. The number of rotatable bonds is 9. The van der Waals surface area contributed by atoms with Crippen molar-refractivity contribution in [3.63, 3.8) is 0 Å². The molecule has 2 heterocycles. The predicted molar refractivity (Wildman–Crippen MR) is 138 cm³/mol. The van der Waals surface area contributed by atoms with E-state index in [9.17, 15) is 22.4 Å². The van der Waals surface area contributed by atoms with Gasteiger partial charge in [0.2, 0.25) is 0 Å². The Morgan fingerprint density at radius 2 is 1.70 bits per heavy atom. The number of alkyl halides is 3. The van der Waals surface area contributed by atoms with Crippen LogP contribution in [0.3, 0.4) is 0 Å². The summed E-state index contributed by atoms with van der Waals surface area (Å²) in [6.45, 7) is 1.36. The number of nitrogens with one attached hydrogen (secondary N) is 1. The van der Waals surface area contributed by atoms with Crippen LogP contribution in [-0.2, 0) is 0 Å². The van der Waals surface area contributed by atoms with Crippen molar-refractivity contribution in [3.8, 4) is 28.5 Å². The quantitative estimate of drug-likeness (QED) is 0.303. The van der Waals surface area contributed by atoms with E-state index in [1.807, 2.05) is 0 Å². The Morgan fingerprint density at radius 1 is 1.02 bits per heavy atom. The molecule has 2 saturated carbocycles. The number of aromatic nitrogens is 1. The first kappa shape index (κ1) is 26.4. The van der Waals surface area contributed by atoms with Gasteiger partial charge in [-0.25, -0.2) is 9.37 Å². The minimum atomic E-state index is -4.50. The van der Waals surface area contributed by atoms with Crippen molar-refractivity contribution >= 4 is 5.91 Å². The lowest BCUT2D eigenvalue weighted by Crippen LogP contribution is -2.28. The van der Waals surface area contributed by atoms with Gasteiger partial charge >= 0.3 is 6.18 Å². The molecule has 0 saturated heterocycles. The number of amides is 1. The minimum Gasteiger partial charge on any atom is -0.490 e. The number of carbonyl (C=O) groups excluding carboxylic acids is 1. The third kappa shape index (κ3) is 5.71. The van der Waals surface area contributed by atoms with Gasteiger partial charge in [0.05, 0.1) is 12.2 Å². The Kier molecular flexibility index (Phi) is 6.80. The van der Waals surface area contributed by atoms with E-state index in [0.717, 1.165) is 25.7 Å². The maximum atomic E-state index is 13.8. The largest absolute Gasteiger partial charge is 0.490 e. The third-order valence-electron chi connectivity index (χ3n) is 7.22. The fourth-order valence-electron chi connectivity index (χ4n) is 4.59. The molecule has 40 heavy (non-hydrogen) atoms. The van der Waals surface area contributed by atoms with Crippen molar-refractivity contribution in [1.82, 2.24) is 10.3 Å². The van der Waals surface area contributed by atoms with E-state index in [-0.39, 0.29) is 41.7 Å². The van der Waals surface area contributed by atoms with Crippen LogP contribution in [0.4, 0.5) is 17.6 Å². The Balaban J connectivity index is 1.22. The molecule has 0 radical (unpaired) electrons. The molecule has 6 rings (SSSR count). The van der Waals surface area contributed by atoms with Crippen LogP contribution in [0, 0.1) is 5.82 Å². The summed E-state index contributed by atoms with van der Waals surface area (Å²) in [5, 5.41) is 2.86. The molecule has 1 aliphatic heterocycles. The number of nitrogens with zero attached hydrogens (tertiary/aromatic N) is 1. The van der Waals surface area contributed by atoms with Crippen molar-refractivity contribution in [2.45, 2.75) is 62.8 Å². The molecule has 2 aromatic carbocycles. The van der Waals surface area contributed by atoms with E-state index < -0.39 is 30.4 Å². The van der Waals surface area contributed by atoms with Crippen LogP contribution in [0.5, 0.6) is 17.2 Å². The van der Waals surface area contributed by atoms with Gasteiger partial charge in [-0.15, -0.1) is 0 Å². The van der Waals surface area contributed by atoms with Crippen molar-refractivity contribution in [2.75, 3.05) is 13.2 Å². The summed E-state index contributed by atoms with van der Waals surface area (Å²) < 4.78 is 72.3. The molecule has 3 aliphatic rings. The summed E-state index contributed by atoms with van der Waals surface area (Å²) >= 11 is 0. The summed E-state index contributed by atoms with van der Waals surface area (Å²) in [7, 11) is 0. The zero-order valence-corrected chi connectivity index (χ0v) is 21.8. The first-order valence-electron chi connectivity index (χ1n) is 13.4. The Labute approximate surface area is 228 Å². The molecular weight excluding hydrogens is 528 g/mol. The Morgan fingerprint density at radius 3 is 2.35 bits per heavy atom. The highest BCUT2D eigenvalue weighted by atomic mass is 19.4. The first-order valence-corrected chi connectivity index (χ1v) is 13.4. The molecule has 3 aromatic rings. The second-order valence-corrected chi connectivity index (χ2v) is 10.6. The summed E-state index contributed by atoms with van der Waals surface area (Å²) in [4.78, 5) is 17.6. The van der Waals surface area contributed by atoms with Gasteiger partial charge in [0, 0.05) is 34.8 Å². The average Bonchev–Trinajstić information content (AvgIpc) is 3.86. The monoisotopic (exact) mass is 556 g/mol. The van der Waals surface area contributed by atoms with E-state index in [1.54, 1.807) is 25.1 Å². The maximum absolute atomic E-state index is 13.8. The second kappa shape index (κ2) is 10.3. The molecular formula is C30H28F4N2O4. The smallest absolute Gasteiger partial charge is 0.399 e. The van der Waals surface area contributed by atoms with Gasteiger partial charge in [0.25, 0.3) is 5.91 Å². The van der Waals surface area contributed by atoms with Crippen molar-refractivity contribution in [2.24, 2.45) is 0 Å². The minimum absolute atomic E-state index is 0.0110. The van der Waals surface area contributed by atoms with Crippen LogP contribution in [0.25, 0.3) is 11.3 Å². The standard InChI is InChI=1S/C30H28F4N2O4/c1-16(14-35-29(37)18-4-11-25(39-20-7-8-20)26(12-18)40-21-9-10-21)24-13-22-23(30(32,33)34)15-38-28(22)27(36-24)17-2-5-19(31)6-3-17/h2-6,11-13,16,20-21,23H,7-10,14-15H2,1H3,(H,35,37)/t16-,23-/m1/s1. The highest BCUT2D eigenvalue weighted by molar-refractivity contribution is 5.95. The Bertz CT molecular complexity index is 1420. The number of hydrogen-bond donors (Lipinski definition) is 1. The Hall–Kier alpha value is -3.82. The van der Waals surface area contributed by atoms with Gasteiger partial charge in [0.1, 0.15) is 29.8 Å². The molecule has 0 unspecified atom stereocenters. The number of ether oxygens (including phenoxy) is 3. The van der Waals surface area contributed by atoms with Crippen LogP contribution >= 0.6 is 0 Å². The molecule has 1 amide bonds. The van der Waals surface area contributed by atoms with Crippen LogP contribution in [0.15, 0.2) is 48.5 Å². The molecule has 2 aliphatic carbocycles. The second-order valence-electron chi connectivity index (χ2n) is 10.6. The number of halogens is 4. The molecule has 210 valence electrons. The number of pyridine rings is 1. The summed E-state index contributed by atoms with van der Waals surface area (Å²) in [5.41, 5.74) is 1.40. The first-order chi connectivity index (χ1) is 19.2. The van der Waals surface area contributed by atoms with E-state index in [1.165, 1.54) is 30.3 Å². The highest BCUT2D eigenvalue weighted by Gasteiger charge is 2.47. The van der Waals surface area contributed by atoms with Crippen molar-refractivity contribution in [3.05, 3.63) is 71.2 Å². The molecule has 0 bridgehead atoms. The SMILES string of the molecule is C[C@H](CNC(=O)c1ccc(OC2CC2)c(OC2CC2)c1)c1cc2c(c(-c3ccc(F)cc3)n1)OC[C@H]2C(F)(F)F. The lowest BCUT2D eigenvalue weighted by atomic mass is 9.95. The van der Waals surface area contributed by atoms with Crippen LogP contribution in [0.1, 0.15) is 66.1 Å². The van der Waals surface area contributed by atoms with Gasteiger partial charge in [0.15, 0.2) is 11.5 Å². The molecule has 2 fully saturated rings. The molecule has 1 aromatic heterocycles. The zero-order chi connectivity index (χ0) is 28.0. The van der Waals surface area contributed by atoms with Crippen LogP contribution in [-0.4, -0.2) is 42.4 Å². The number of carbonyl (C=O) groups is 1. The fourth-order valence-corrected chi connectivity index (χ4v) is 4.59. The highest BCUT2D eigenvalue weighted by Crippen LogP contribution is 2.48. The fraction of sp³-hybridized carbons (Fsp3) is 0.400. The average molecular weight is 557 g/mol. The summed E-state index contributed by atoms with van der Waals surface area (Å²) in [5.74, 6) is -1.84. The van der Waals surface area contributed by atoms with Gasteiger partial charge in [-0.1, -0.05) is 6.92 Å². The zero-order valence-electron chi connectivity index (χ0n) is 21.8. The predicted octanol–water partition coefficient (Wildman–Crippen LogP) is 6.54. The third-order valence-corrected chi connectivity index (χ3v) is 7.22. The molecule has 10 heteroatoms. The number of hydrogen-bond acceptors (Lipinski definition) is 5. The summed E-state index contributed by atoms with van der Waals surface area (Å²) in [6, 6.07) is 11.8. The van der Waals surface area contributed by atoms with Gasteiger partial charge in [-0.3, -0.25) is 4.79 Å². The van der Waals surface area contributed by atoms with E-state index in [2.05, 4.69) is 10.3 Å². The lowest BCUT2D eigenvalue weighted by Gasteiger charge is -2.18. The summed E-state index contributed by atoms with van der Waals surface area (Å²) in [6.07, 6.45) is -0.266. The van der Waals surface area contributed by atoms with Crippen molar-refractivity contribution in [1.29, 1.82) is 0 Å². The topological polar surface area (TPSA) is 69.7 Å². The molecule has 0 spiro atoms.